The minimum atomic E-state index is -0.806. The van der Waals surface area contributed by atoms with E-state index in [1.165, 1.54) is 5.56 Å². The fourth-order valence-electron chi connectivity index (χ4n) is 3.03. The maximum atomic E-state index is 12.1. The number of benzene rings is 2. The molecule has 0 aromatic heterocycles. The van der Waals surface area contributed by atoms with Crippen LogP contribution in [0.4, 0.5) is 5.69 Å². The number of anilines is 1. The Labute approximate surface area is 176 Å². The molecule has 0 radical (unpaired) electrons. The van der Waals surface area contributed by atoms with Crippen LogP contribution in [0.15, 0.2) is 48.5 Å². The molecule has 7 nitrogen and oxygen atoms in total. The minimum absolute atomic E-state index is 0.365. The second kappa shape index (κ2) is 10.8. The van der Waals surface area contributed by atoms with E-state index in [1.807, 2.05) is 43.3 Å². The maximum Gasteiger partial charge on any atom is 0.347 e. The quantitative estimate of drug-likeness (QED) is 0.672. The first-order valence-electron chi connectivity index (χ1n) is 10.1. The molecule has 1 saturated heterocycles. The summed E-state index contributed by atoms with van der Waals surface area (Å²) in [6.07, 6.45) is -0.806. The number of ether oxygens (including phenoxy) is 3. The van der Waals surface area contributed by atoms with Gasteiger partial charge >= 0.3 is 5.97 Å². The van der Waals surface area contributed by atoms with E-state index in [0.717, 1.165) is 38.4 Å². The molecule has 2 aromatic rings. The molecule has 0 spiro atoms. The summed E-state index contributed by atoms with van der Waals surface area (Å²) in [6.45, 7) is 7.43. The second-order valence-corrected chi connectivity index (χ2v) is 7.31. The van der Waals surface area contributed by atoms with E-state index in [9.17, 15) is 9.59 Å². The number of nitrogens with one attached hydrogen (secondary N) is 1. The topological polar surface area (TPSA) is 77.1 Å². The lowest BCUT2D eigenvalue weighted by atomic mass is 10.2. The summed E-state index contributed by atoms with van der Waals surface area (Å²) in [7, 11) is 0. The second-order valence-electron chi connectivity index (χ2n) is 7.31. The van der Waals surface area contributed by atoms with Gasteiger partial charge in [0.2, 0.25) is 0 Å². The molecule has 1 aliphatic rings. The van der Waals surface area contributed by atoms with Crippen molar-refractivity contribution in [3.8, 4) is 5.75 Å². The number of carbonyl (C=O) groups excluding carboxylic acids is 2. The number of amides is 1. The van der Waals surface area contributed by atoms with Crippen LogP contribution in [0.5, 0.6) is 5.75 Å². The number of hydrogen-bond acceptors (Lipinski definition) is 6. The summed E-state index contributed by atoms with van der Waals surface area (Å²) >= 11 is 0. The number of morpholine rings is 1. The number of rotatable bonds is 8. The average Bonchev–Trinajstić information content (AvgIpc) is 2.76. The molecule has 1 fully saturated rings. The van der Waals surface area contributed by atoms with Crippen LogP contribution in [0.2, 0.25) is 0 Å². The molecular weight excluding hydrogens is 384 g/mol. The highest BCUT2D eigenvalue weighted by atomic mass is 16.6. The van der Waals surface area contributed by atoms with Gasteiger partial charge in [-0.2, -0.15) is 0 Å². The van der Waals surface area contributed by atoms with Crippen LogP contribution >= 0.6 is 0 Å². The van der Waals surface area contributed by atoms with Gasteiger partial charge in [-0.25, -0.2) is 4.79 Å². The third-order valence-electron chi connectivity index (χ3n) is 4.76. The van der Waals surface area contributed by atoms with Crippen LogP contribution in [0, 0.1) is 6.92 Å². The first kappa shape index (κ1) is 21.8. The average molecular weight is 412 g/mol. The van der Waals surface area contributed by atoms with Gasteiger partial charge in [-0.3, -0.25) is 9.69 Å². The van der Waals surface area contributed by atoms with Crippen LogP contribution in [0.3, 0.4) is 0 Å². The molecule has 1 aliphatic heterocycles. The van der Waals surface area contributed by atoms with Gasteiger partial charge in [-0.15, -0.1) is 0 Å². The fourth-order valence-corrected chi connectivity index (χ4v) is 3.03. The summed E-state index contributed by atoms with van der Waals surface area (Å²) in [5, 5.41) is 2.73. The number of esters is 1. The van der Waals surface area contributed by atoms with Crippen LogP contribution in [-0.4, -0.2) is 55.8 Å². The molecule has 3 rings (SSSR count). The summed E-state index contributed by atoms with van der Waals surface area (Å²) in [6, 6.07) is 15.0. The predicted molar refractivity (Wildman–Crippen MR) is 113 cm³/mol. The SMILES string of the molecule is Cc1ccc(OC(C)C(=O)OCC(=O)Nc2ccc(CN3CCOCC3)cc2)cc1. The Morgan fingerprint density at radius 3 is 2.40 bits per heavy atom. The molecule has 2 aromatic carbocycles. The molecule has 160 valence electrons. The standard InChI is InChI=1S/C23H28N2O5/c1-17-3-9-21(10-4-17)30-18(2)23(27)29-16-22(26)24-20-7-5-19(6-8-20)15-25-11-13-28-14-12-25/h3-10,18H,11-16H2,1-2H3,(H,24,26). The highest BCUT2D eigenvalue weighted by Gasteiger charge is 2.18. The predicted octanol–water partition coefficient (Wildman–Crippen LogP) is 2.78. The Morgan fingerprint density at radius 2 is 1.73 bits per heavy atom. The molecule has 0 bridgehead atoms. The number of hydrogen-bond donors (Lipinski definition) is 1. The van der Waals surface area contributed by atoms with Crippen LogP contribution in [0.1, 0.15) is 18.1 Å². The Kier molecular flexibility index (Phi) is 7.82. The number of nitrogens with zero attached hydrogens (tertiary/aromatic N) is 1. The molecule has 30 heavy (non-hydrogen) atoms. The molecule has 7 heteroatoms. The summed E-state index contributed by atoms with van der Waals surface area (Å²) in [4.78, 5) is 26.5. The third-order valence-corrected chi connectivity index (χ3v) is 4.76. The summed E-state index contributed by atoms with van der Waals surface area (Å²) < 4.78 is 16.0. The number of carbonyl (C=O) groups is 2. The van der Waals surface area contributed by atoms with E-state index < -0.39 is 18.0 Å². The van der Waals surface area contributed by atoms with Crippen molar-refractivity contribution in [3.05, 3.63) is 59.7 Å². The van der Waals surface area contributed by atoms with Gasteiger partial charge in [-0.05, 0) is 43.7 Å². The Morgan fingerprint density at radius 1 is 1.07 bits per heavy atom. The molecule has 1 N–H and O–H groups in total. The van der Waals surface area contributed by atoms with Gasteiger partial charge in [0.25, 0.3) is 5.91 Å². The first-order valence-corrected chi connectivity index (χ1v) is 10.1. The summed E-state index contributed by atoms with van der Waals surface area (Å²) in [5.74, 6) is -0.412. The van der Waals surface area contributed by atoms with Crippen LogP contribution < -0.4 is 10.1 Å². The largest absolute Gasteiger partial charge is 0.479 e. The zero-order chi connectivity index (χ0) is 21.3. The van der Waals surface area contributed by atoms with Crippen molar-refractivity contribution in [2.75, 3.05) is 38.2 Å². The minimum Gasteiger partial charge on any atom is -0.479 e. The van der Waals surface area contributed by atoms with Gasteiger partial charge in [0.1, 0.15) is 5.75 Å². The zero-order valence-electron chi connectivity index (χ0n) is 17.4. The first-order chi connectivity index (χ1) is 14.5. The lowest BCUT2D eigenvalue weighted by molar-refractivity contribution is -0.153. The molecule has 1 amide bonds. The van der Waals surface area contributed by atoms with Crippen molar-refractivity contribution in [3.63, 3.8) is 0 Å². The molecule has 1 unspecified atom stereocenters. The Balaban J connectivity index is 1.40. The van der Waals surface area contributed by atoms with Gasteiger partial charge in [0, 0.05) is 25.3 Å². The van der Waals surface area contributed by atoms with Gasteiger partial charge in [0.15, 0.2) is 12.7 Å². The Bertz CT molecular complexity index is 830. The highest BCUT2D eigenvalue weighted by molar-refractivity contribution is 5.93. The smallest absolute Gasteiger partial charge is 0.347 e. The van der Waals surface area contributed by atoms with Crippen molar-refractivity contribution in [1.29, 1.82) is 0 Å². The third kappa shape index (κ3) is 6.86. The summed E-state index contributed by atoms with van der Waals surface area (Å²) in [5.41, 5.74) is 2.93. The van der Waals surface area contributed by atoms with E-state index >= 15 is 0 Å². The molecular formula is C23H28N2O5. The zero-order valence-corrected chi connectivity index (χ0v) is 17.4. The lowest BCUT2D eigenvalue weighted by Crippen LogP contribution is -2.35. The molecule has 1 heterocycles. The normalized spacial score (nSPS) is 15.3. The van der Waals surface area contributed by atoms with E-state index in [0.29, 0.717) is 11.4 Å². The molecule has 1 atom stereocenters. The number of aryl methyl sites for hydroxylation is 1. The van der Waals surface area contributed by atoms with E-state index in [1.54, 1.807) is 19.1 Å². The van der Waals surface area contributed by atoms with Crippen molar-refractivity contribution < 1.29 is 23.8 Å². The van der Waals surface area contributed by atoms with Crippen LogP contribution in [0.25, 0.3) is 0 Å². The maximum absolute atomic E-state index is 12.1. The molecule has 0 aliphatic carbocycles. The van der Waals surface area contributed by atoms with Crippen molar-refractivity contribution in [2.24, 2.45) is 0 Å². The van der Waals surface area contributed by atoms with E-state index in [2.05, 4.69) is 10.2 Å². The lowest BCUT2D eigenvalue weighted by Gasteiger charge is -2.26. The monoisotopic (exact) mass is 412 g/mol. The van der Waals surface area contributed by atoms with Crippen LogP contribution in [-0.2, 0) is 25.6 Å². The van der Waals surface area contributed by atoms with Crippen molar-refractivity contribution in [2.45, 2.75) is 26.5 Å². The van der Waals surface area contributed by atoms with Gasteiger partial charge in [0.05, 0.1) is 13.2 Å². The Hall–Kier alpha value is -2.90. The van der Waals surface area contributed by atoms with Gasteiger partial charge < -0.3 is 19.5 Å². The molecule has 0 saturated carbocycles. The van der Waals surface area contributed by atoms with Gasteiger partial charge in [-0.1, -0.05) is 29.8 Å². The fraction of sp³-hybridized carbons (Fsp3) is 0.391. The van der Waals surface area contributed by atoms with E-state index in [4.69, 9.17) is 14.2 Å². The van der Waals surface area contributed by atoms with Crippen molar-refractivity contribution >= 4 is 17.6 Å². The highest BCUT2D eigenvalue weighted by Crippen LogP contribution is 2.14. The van der Waals surface area contributed by atoms with E-state index in [-0.39, 0.29) is 6.61 Å². The van der Waals surface area contributed by atoms with Crippen molar-refractivity contribution in [1.82, 2.24) is 4.90 Å².